The fourth-order valence-corrected chi connectivity index (χ4v) is 1.75. The van der Waals surface area contributed by atoms with Gasteiger partial charge in [0.15, 0.2) is 0 Å². The minimum atomic E-state index is -0.231. The number of carbonyl (C=O) groups is 1. The first kappa shape index (κ1) is 12.7. The third kappa shape index (κ3) is 2.61. The van der Waals surface area contributed by atoms with Crippen molar-refractivity contribution in [3.63, 3.8) is 0 Å². The molecule has 0 fully saturated rings. The Kier molecular flexibility index (Phi) is 4.07. The molecule has 0 amide bonds. The zero-order valence-corrected chi connectivity index (χ0v) is 9.95. The van der Waals surface area contributed by atoms with Crippen LogP contribution >= 0.6 is 0 Å². The van der Waals surface area contributed by atoms with Gasteiger partial charge in [-0.1, -0.05) is 19.1 Å². The normalized spacial score (nSPS) is 12.5. The number of ketones is 1. The number of rotatable bonds is 4. The molecule has 1 aromatic carbocycles. The summed E-state index contributed by atoms with van der Waals surface area (Å²) in [5, 5.41) is 18.4. The summed E-state index contributed by atoms with van der Waals surface area (Å²) in [5.41, 5.74) is 2.45. The van der Waals surface area contributed by atoms with Crippen LogP contribution < -0.4 is 0 Å². The van der Waals surface area contributed by atoms with E-state index < -0.39 is 0 Å². The Morgan fingerprint density at radius 3 is 2.25 bits per heavy atom. The number of aromatic hydroxyl groups is 1. The molecule has 1 unspecified atom stereocenters. The molecule has 0 aliphatic carbocycles. The maximum Gasteiger partial charge on any atom is 0.142 e. The number of hydrogen-bond donors (Lipinski definition) is 2. The van der Waals surface area contributed by atoms with Crippen LogP contribution in [0.4, 0.5) is 0 Å². The molecule has 0 aliphatic heterocycles. The van der Waals surface area contributed by atoms with E-state index in [1.807, 2.05) is 32.9 Å². The molecule has 3 heteroatoms. The molecule has 0 aromatic heterocycles. The number of phenols is 1. The van der Waals surface area contributed by atoms with Gasteiger partial charge in [0, 0.05) is 18.9 Å². The zero-order valence-electron chi connectivity index (χ0n) is 9.95. The smallest absolute Gasteiger partial charge is 0.142 e. The summed E-state index contributed by atoms with van der Waals surface area (Å²) >= 11 is 0. The van der Waals surface area contributed by atoms with Gasteiger partial charge in [-0.05, 0) is 30.5 Å². The molecule has 0 saturated carbocycles. The molecular formula is C13H18O3. The second-order valence-electron chi connectivity index (χ2n) is 4.16. The van der Waals surface area contributed by atoms with Crippen LogP contribution in [-0.4, -0.2) is 22.6 Å². The number of Topliss-reactive ketones (excluding diaryl/α,β-unsaturated/α-hetero) is 1. The standard InChI is InChI=1S/C13H18O3/c1-8-6-11(7-9(2)13(8)16)10(3)12(15)4-5-14/h6-7,10,14,16H,4-5H2,1-3H3. The summed E-state index contributed by atoms with van der Waals surface area (Å²) in [5.74, 6) is 0.0719. The van der Waals surface area contributed by atoms with Gasteiger partial charge < -0.3 is 10.2 Å². The van der Waals surface area contributed by atoms with E-state index in [4.69, 9.17) is 5.11 Å². The maximum absolute atomic E-state index is 11.6. The number of aliphatic hydroxyl groups is 1. The Bertz CT molecular complexity index is 373. The zero-order chi connectivity index (χ0) is 12.3. The van der Waals surface area contributed by atoms with E-state index in [-0.39, 0.29) is 30.5 Å². The molecule has 0 saturated heterocycles. The highest BCUT2D eigenvalue weighted by atomic mass is 16.3. The summed E-state index contributed by atoms with van der Waals surface area (Å²) in [7, 11) is 0. The van der Waals surface area contributed by atoms with Gasteiger partial charge in [0.2, 0.25) is 0 Å². The molecule has 0 heterocycles. The van der Waals surface area contributed by atoms with Crippen LogP contribution in [0.15, 0.2) is 12.1 Å². The van der Waals surface area contributed by atoms with Crippen molar-refractivity contribution in [2.45, 2.75) is 33.1 Å². The average Bonchev–Trinajstić information content (AvgIpc) is 2.24. The first-order chi connectivity index (χ1) is 7.47. The molecule has 2 N–H and O–H groups in total. The predicted octanol–water partition coefficient (Wildman–Crippen LogP) is 2.06. The van der Waals surface area contributed by atoms with Gasteiger partial charge in [-0.25, -0.2) is 0 Å². The summed E-state index contributed by atoms with van der Waals surface area (Å²) in [6.07, 6.45) is 0.181. The van der Waals surface area contributed by atoms with Crippen LogP contribution in [0, 0.1) is 13.8 Å². The van der Waals surface area contributed by atoms with Crippen molar-refractivity contribution in [3.8, 4) is 5.75 Å². The van der Waals surface area contributed by atoms with E-state index in [9.17, 15) is 9.90 Å². The van der Waals surface area contributed by atoms with Crippen LogP contribution in [0.5, 0.6) is 5.75 Å². The number of benzene rings is 1. The van der Waals surface area contributed by atoms with Gasteiger partial charge in [0.05, 0.1) is 0 Å². The van der Waals surface area contributed by atoms with Crippen molar-refractivity contribution >= 4 is 5.78 Å². The van der Waals surface area contributed by atoms with Crippen molar-refractivity contribution in [2.75, 3.05) is 6.61 Å². The highest BCUT2D eigenvalue weighted by molar-refractivity contribution is 5.85. The molecule has 0 bridgehead atoms. The summed E-state index contributed by atoms with van der Waals surface area (Å²) in [4.78, 5) is 11.6. The van der Waals surface area contributed by atoms with Gasteiger partial charge in [0.1, 0.15) is 11.5 Å². The Morgan fingerprint density at radius 2 is 1.81 bits per heavy atom. The number of hydrogen-bond acceptors (Lipinski definition) is 3. The molecule has 1 atom stereocenters. The third-order valence-electron chi connectivity index (χ3n) is 2.85. The third-order valence-corrected chi connectivity index (χ3v) is 2.85. The molecule has 0 radical (unpaired) electrons. The Hall–Kier alpha value is -1.35. The summed E-state index contributed by atoms with van der Waals surface area (Å²) < 4.78 is 0. The van der Waals surface area contributed by atoms with Crippen LogP contribution in [0.25, 0.3) is 0 Å². The Labute approximate surface area is 95.7 Å². The number of phenolic OH excluding ortho intramolecular Hbond substituents is 1. The first-order valence-electron chi connectivity index (χ1n) is 5.41. The van der Waals surface area contributed by atoms with Crippen LogP contribution in [0.2, 0.25) is 0 Å². The average molecular weight is 222 g/mol. The van der Waals surface area contributed by atoms with Crippen molar-refractivity contribution in [1.82, 2.24) is 0 Å². The highest BCUT2D eigenvalue weighted by Gasteiger charge is 2.16. The van der Waals surface area contributed by atoms with Crippen LogP contribution in [0.1, 0.15) is 36.0 Å². The maximum atomic E-state index is 11.6. The van der Waals surface area contributed by atoms with Crippen molar-refractivity contribution < 1.29 is 15.0 Å². The summed E-state index contributed by atoms with van der Waals surface area (Å²) in [6.45, 7) is 5.34. The SMILES string of the molecule is Cc1cc(C(C)C(=O)CCO)cc(C)c1O. The van der Waals surface area contributed by atoms with E-state index in [1.165, 1.54) is 0 Å². The molecule has 16 heavy (non-hydrogen) atoms. The van der Waals surface area contributed by atoms with E-state index in [0.29, 0.717) is 0 Å². The molecule has 3 nitrogen and oxygen atoms in total. The Balaban J connectivity index is 3.01. The number of carbonyl (C=O) groups excluding carboxylic acids is 1. The molecule has 1 aromatic rings. The van der Waals surface area contributed by atoms with E-state index in [0.717, 1.165) is 16.7 Å². The van der Waals surface area contributed by atoms with Crippen LogP contribution in [-0.2, 0) is 4.79 Å². The molecule has 0 aliphatic rings. The lowest BCUT2D eigenvalue weighted by Crippen LogP contribution is -2.11. The summed E-state index contributed by atoms with van der Waals surface area (Å²) in [6, 6.07) is 3.64. The number of aliphatic hydroxyl groups excluding tert-OH is 1. The molecule has 1 rings (SSSR count). The van der Waals surface area contributed by atoms with E-state index in [2.05, 4.69) is 0 Å². The van der Waals surface area contributed by atoms with Crippen LogP contribution in [0.3, 0.4) is 0 Å². The van der Waals surface area contributed by atoms with Crippen molar-refractivity contribution in [3.05, 3.63) is 28.8 Å². The first-order valence-corrected chi connectivity index (χ1v) is 5.41. The van der Waals surface area contributed by atoms with Gasteiger partial charge in [-0.3, -0.25) is 4.79 Å². The lowest BCUT2D eigenvalue weighted by molar-refractivity contribution is -0.120. The second kappa shape index (κ2) is 5.12. The van der Waals surface area contributed by atoms with E-state index >= 15 is 0 Å². The minimum absolute atomic E-state index is 0.0204. The topological polar surface area (TPSA) is 57.5 Å². The molecular weight excluding hydrogens is 204 g/mol. The van der Waals surface area contributed by atoms with Gasteiger partial charge >= 0.3 is 0 Å². The Morgan fingerprint density at radius 1 is 1.31 bits per heavy atom. The van der Waals surface area contributed by atoms with Gasteiger partial charge in [-0.15, -0.1) is 0 Å². The van der Waals surface area contributed by atoms with Gasteiger partial charge in [-0.2, -0.15) is 0 Å². The minimum Gasteiger partial charge on any atom is -0.507 e. The van der Waals surface area contributed by atoms with Crippen molar-refractivity contribution in [2.24, 2.45) is 0 Å². The monoisotopic (exact) mass is 222 g/mol. The number of aryl methyl sites for hydroxylation is 2. The molecule has 88 valence electrons. The van der Waals surface area contributed by atoms with Crippen molar-refractivity contribution in [1.29, 1.82) is 0 Å². The predicted molar refractivity (Wildman–Crippen MR) is 62.7 cm³/mol. The second-order valence-corrected chi connectivity index (χ2v) is 4.16. The largest absolute Gasteiger partial charge is 0.507 e. The van der Waals surface area contributed by atoms with Gasteiger partial charge in [0.25, 0.3) is 0 Å². The fourth-order valence-electron chi connectivity index (χ4n) is 1.75. The molecule has 0 spiro atoms. The fraction of sp³-hybridized carbons (Fsp3) is 0.462. The lowest BCUT2D eigenvalue weighted by Gasteiger charge is -2.13. The quantitative estimate of drug-likeness (QED) is 0.819. The lowest BCUT2D eigenvalue weighted by atomic mass is 9.92. The highest BCUT2D eigenvalue weighted by Crippen LogP contribution is 2.27. The van der Waals surface area contributed by atoms with E-state index in [1.54, 1.807) is 0 Å².